The molecule has 186 valence electrons. The number of hydrogen-bond acceptors (Lipinski definition) is 2. The van der Waals surface area contributed by atoms with Gasteiger partial charge in [0.1, 0.15) is 6.61 Å². The van der Waals surface area contributed by atoms with Gasteiger partial charge in [-0.3, -0.25) is 0 Å². The normalized spacial score (nSPS) is 15.4. The van der Waals surface area contributed by atoms with Gasteiger partial charge >= 0.3 is 48.4 Å². The van der Waals surface area contributed by atoms with Crippen molar-refractivity contribution in [1.29, 1.82) is 0 Å². The molecule has 0 unspecified atom stereocenters. The molecule has 0 aromatic rings. The molecule has 0 amide bonds. The third-order valence-corrected chi connectivity index (χ3v) is 3.26. The third-order valence-electron chi connectivity index (χ3n) is 3.26. The van der Waals surface area contributed by atoms with Crippen LogP contribution in [0.1, 0.15) is 0 Å². The first-order chi connectivity index (χ1) is 13.6. The predicted molar refractivity (Wildman–Crippen MR) is 67.6 cm³/mol. The molecule has 0 atom stereocenters. The van der Waals surface area contributed by atoms with Crippen molar-refractivity contribution in [3.8, 4) is 0 Å². The van der Waals surface area contributed by atoms with Crippen LogP contribution in [0.3, 0.4) is 0 Å². The minimum atomic E-state index is -6.60. The summed E-state index contributed by atoms with van der Waals surface area (Å²) in [6.07, 6.45) is -10.3. The largest absolute Gasteiger partial charge is 0.495 e. The summed E-state index contributed by atoms with van der Waals surface area (Å²) < 4.78 is 208. The minimum Gasteiger partial charge on any atom is -0.495 e. The second kappa shape index (κ2) is 9.48. The molecule has 0 radical (unpaired) electrons. The SMILES string of the molecule is FC(F)C(F)(F)C(F)(F)C(F)(F)CO/C=C\COCC(F)(F)C(F)(F)C(F)(F)C(F)F. The zero-order valence-electron chi connectivity index (χ0n) is 14.3. The maximum atomic E-state index is 13.0. The average Bonchev–Trinajstić information content (AvgIpc) is 2.59. The predicted octanol–water partition coefficient (Wildman–Crippen LogP) is 5.88. The van der Waals surface area contributed by atoms with Gasteiger partial charge in [0.25, 0.3) is 0 Å². The lowest BCUT2D eigenvalue weighted by molar-refractivity contribution is -0.345. The van der Waals surface area contributed by atoms with Crippen molar-refractivity contribution in [3.05, 3.63) is 12.3 Å². The molecule has 2 nitrogen and oxygen atoms in total. The van der Waals surface area contributed by atoms with Gasteiger partial charge in [-0.2, -0.15) is 52.7 Å². The van der Waals surface area contributed by atoms with Gasteiger partial charge in [0, 0.05) is 0 Å². The molecule has 0 bridgehead atoms. The second-order valence-electron chi connectivity index (χ2n) is 5.60. The summed E-state index contributed by atoms with van der Waals surface area (Å²) in [6, 6.07) is 0. The Morgan fingerprint density at radius 1 is 0.581 bits per heavy atom. The van der Waals surface area contributed by atoms with Crippen LogP contribution in [0.15, 0.2) is 12.3 Å². The van der Waals surface area contributed by atoms with Crippen LogP contribution >= 0.6 is 0 Å². The molecule has 0 fully saturated rings. The van der Waals surface area contributed by atoms with E-state index in [1.54, 1.807) is 0 Å². The van der Waals surface area contributed by atoms with Crippen molar-refractivity contribution in [1.82, 2.24) is 0 Å². The van der Waals surface area contributed by atoms with Gasteiger partial charge in [0.2, 0.25) is 0 Å². The van der Waals surface area contributed by atoms with Crippen molar-refractivity contribution in [3.63, 3.8) is 0 Å². The molecule has 0 N–H and O–H groups in total. The van der Waals surface area contributed by atoms with E-state index in [-0.39, 0.29) is 12.3 Å². The van der Waals surface area contributed by atoms with E-state index in [1.165, 1.54) is 0 Å². The van der Waals surface area contributed by atoms with Gasteiger partial charge in [-0.05, 0) is 6.08 Å². The van der Waals surface area contributed by atoms with Gasteiger partial charge in [-0.1, -0.05) is 0 Å². The maximum absolute atomic E-state index is 13.0. The minimum absolute atomic E-state index is 0.117. The van der Waals surface area contributed by atoms with Crippen molar-refractivity contribution in [2.45, 2.75) is 48.4 Å². The number of hydrogen-bond donors (Lipinski definition) is 0. The Morgan fingerprint density at radius 3 is 1.29 bits per heavy atom. The Hall–Kier alpha value is -1.62. The fourth-order valence-electron chi connectivity index (χ4n) is 1.46. The smallest absolute Gasteiger partial charge is 0.381 e. The number of rotatable bonds is 13. The Morgan fingerprint density at radius 2 is 0.935 bits per heavy atom. The molecule has 18 heteroatoms. The van der Waals surface area contributed by atoms with E-state index in [1.807, 2.05) is 0 Å². The topological polar surface area (TPSA) is 18.5 Å². The van der Waals surface area contributed by atoms with E-state index in [4.69, 9.17) is 0 Å². The van der Waals surface area contributed by atoms with Gasteiger partial charge in [-0.15, -0.1) is 0 Å². The second-order valence-corrected chi connectivity index (χ2v) is 5.60. The monoisotopic (exact) mass is 502 g/mol. The molecule has 0 aliphatic carbocycles. The molecule has 31 heavy (non-hydrogen) atoms. The summed E-state index contributed by atoms with van der Waals surface area (Å²) in [5, 5.41) is 0. The molecule has 0 saturated heterocycles. The summed E-state index contributed by atoms with van der Waals surface area (Å²) in [4.78, 5) is 0. The standard InChI is InChI=1S/C13H10F16O2/c14-6(15)10(22,23)12(26,27)8(18,19)4-30-2-1-3-31-5-9(20,21)13(28,29)11(24,25)7(16)17/h1-2,6-7H,3-5H2/b2-1-. The fraction of sp³-hybridized carbons (Fsp3) is 0.846. The molecule has 0 aromatic heterocycles. The first-order valence-electron chi connectivity index (χ1n) is 7.27. The first-order valence-corrected chi connectivity index (χ1v) is 7.27. The van der Waals surface area contributed by atoms with Crippen molar-refractivity contribution >= 4 is 0 Å². The van der Waals surface area contributed by atoms with Crippen LogP contribution in [0.4, 0.5) is 70.2 Å². The number of ether oxygens (including phenoxy) is 2. The van der Waals surface area contributed by atoms with Crippen LogP contribution in [0.5, 0.6) is 0 Å². The summed E-state index contributed by atoms with van der Waals surface area (Å²) in [5.74, 6) is -37.9. The van der Waals surface area contributed by atoms with E-state index in [0.29, 0.717) is 0 Å². The zero-order valence-corrected chi connectivity index (χ0v) is 14.3. The Balaban J connectivity index is 4.80. The lowest BCUT2D eigenvalue weighted by Gasteiger charge is -2.32. The Bertz CT molecular complexity index is 600. The van der Waals surface area contributed by atoms with E-state index >= 15 is 0 Å². The van der Waals surface area contributed by atoms with E-state index in [2.05, 4.69) is 9.47 Å². The molecular formula is C13H10F16O2. The van der Waals surface area contributed by atoms with Crippen molar-refractivity contribution in [2.75, 3.05) is 19.8 Å². The quantitative estimate of drug-likeness (QED) is 0.178. The summed E-state index contributed by atoms with van der Waals surface area (Å²) in [7, 11) is 0. The van der Waals surface area contributed by atoms with E-state index in [9.17, 15) is 70.2 Å². The van der Waals surface area contributed by atoms with Crippen molar-refractivity contribution in [2.24, 2.45) is 0 Å². The van der Waals surface area contributed by atoms with Crippen LogP contribution < -0.4 is 0 Å². The molecule has 0 saturated carbocycles. The number of halogens is 16. The molecule has 0 aliphatic heterocycles. The summed E-state index contributed by atoms with van der Waals surface area (Å²) in [5.41, 5.74) is 0. The molecule has 0 heterocycles. The molecular weight excluding hydrogens is 492 g/mol. The number of alkyl halides is 16. The fourth-order valence-corrected chi connectivity index (χ4v) is 1.46. The zero-order chi connectivity index (χ0) is 25.1. The maximum Gasteiger partial charge on any atom is 0.381 e. The highest BCUT2D eigenvalue weighted by atomic mass is 19.4. The lowest BCUT2D eigenvalue weighted by Crippen LogP contribution is -2.59. The van der Waals surface area contributed by atoms with E-state index in [0.717, 1.165) is 0 Å². The van der Waals surface area contributed by atoms with Crippen LogP contribution in [-0.4, -0.2) is 68.2 Å². The van der Waals surface area contributed by atoms with Crippen LogP contribution in [-0.2, 0) is 9.47 Å². The van der Waals surface area contributed by atoms with Gasteiger partial charge < -0.3 is 9.47 Å². The molecule has 0 rings (SSSR count). The molecule has 0 aliphatic rings. The van der Waals surface area contributed by atoms with Crippen LogP contribution in [0.25, 0.3) is 0 Å². The summed E-state index contributed by atoms with van der Waals surface area (Å²) in [6.45, 7) is -6.61. The molecule has 0 aromatic carbocycles. The highest BCUT2D eigenvalue weighted by Crippen LogP contribution is 2.49. The van der Waals surface area contributed by atoms with Gasteiger partial charge in [0.05, 0.1) is 12.9 Å². The van der Waals surface area contributed by atoms with Gasteiger partial charge in [-0.25, -0.2) is 17.6 Å². The average molecular weight is 502 g/mol. The Kier molecular flexibility index (Phi) is 8.98. The van der Waals surface area contributed by atoms with Crippen LogP contribution in [0, 0.1) is 0 Å². The highest BCUT2D eigenvalue weighted by molar-refractivity contribution is 4.99. The third kappa shape index (κ3) is 5.79. The van der Waals surface area contributed by atoms with E-state index < -0.39 is 68.2 Å². The first kappa shape index (κ1) is 29.4. The van der Waals surface area contributed by atoms with Crippen molar-refractivity contribution < 1.29 is 79.7 Å². The van der Waals surface area contributed by atoms with Gasteiger partial charge in [0.15, 0.2) is 6.61 Å². The Labute approximate surface area is 161 Å². The lowest BCUT2D eigenvalue weighted by atomic mass is 10.1. The summed E-state index contributed by atoms with van der Waals surface area (Å²) >= 11 is 0. The highest BCUT2D eigenvalue weighted by Gasteiger charge is 2.76. The molecule has 0 spiro atoms. The van der Waals surface area contributed by atoms with Crippen LogP contribution in [0.2, 0.25) is 0 Å².